The average molecular weight is 236 g/mol. The lowest BCUT2D eigenvalue weighted by Crippen LogP contribution is -2.40. The summed E-state index contributed by atoms with van der Waals surface area (Å²) in [7, 11) is 0. The molecule has 1 aromatic carbocycles. The van der Waals surface area contributed by atoms with Crippen molar-refractivity contribution >= 4 is 5.91 Å². The second-order valence-electron chi connectivity index (χ2n) is 4.42. The van der Waals surface area contributed by atoms with E-state index in [0.29, 0.717) is 6.42 Å². The summed E-state index contributed by atoms with van der Waals surface area (Å²) >= 11 is 0. The molecule has 92 valence electrons. The van der Waals surface area contributed by atoms with Crippen molar-refractivity contribution in [2.45, 2.75) is 25.3 Å². The maximum atomic E-state index is 13.1. The largest absolute Gasteiger partial charge is 0.338 e. The van der Waals surface area contributed by atoms with Crippen molar-refractivity contribution in [2.24, 2.45) is 5.73 Å². The minimum Gasteiger partial charge on any atom is -0.338 e. The lowest BCUT2D eigenvalue weighted by Gasteiger charge is -2.24. The molecule has 0 aromatic heterocycles. The molecule has 4 heteroatoms. The Kier molecular flexibility index (Phi) is 3.74. The number of nitrogens with two attached hydrogens (primary N) is 1. The molecule has 1 atom stereocenters. The van der Waals surface area contributed by atoms with Gasteiger partial charge in [0, 0.05) is 12.6 Å². The molecular formula is C13H17FN2O. The molecule has 17 heavy (non-hydrogen) atoms. The minimum absolute atomic E-state index is 0.0103. The number of rotatable bonds is 3. The summed E-state index contributed by atoms with van der Waals surface area (Å²) in [6.45, 7) is 0.829. The summed E-state index contributed by atoms with van der Waals surface area (Å²) in [5.41, 5.74) is 6.32. The second-order valence-corrected chi connectivity index (χ2v) is 4.42. The Morgan fingerprint density at radius 1 is 1.53 bits per heavy atom. The van der Waals surface area contributed by atoms with Gasteiger partial charge >= 0.3 is 0 Å². The molecule has 2 N–H and O–H groups in total. The van der Waals surface area contributed by atoms with Gasteiger partial charge in [0.1, 0.15) is 5.82 Å². The van der Waals surface area contributed by atoms with Gasteiger partial charge in [-0.3, -0.25) is 4.79 Å². The van der Waals surface area contributed by atoms with Crippen molar-refractivity contribution in [3.63, 3.8) is 0 Å². The third kappa shape index (κ3) is 2.82. The van der Waals surface area contributed by atoms with Gasteiger partial charge in [-0.25, -0.2) is 4.39 Å². The highest BCUT2D eigenvalue weighted by Gasteiger charge is 2.27. The van der Waals surface area contributed by atoms with Crippen LogP contribution in [0.3, 0.4) is 0 Å². The summed E-state index contributed by atoms with van der Waals surface area (Å²) in [6.07, 6.45) is 2.69. The number of likely N-dealkylation sites (tertiary alicyclic amines) is 1. The Labute approximate surface area is 100 Å². The summed E-state index contributed by atoms with van der Waals surface area (Å²) in [6, 6.07) is 6.74. The van der Waals surface area contributed by atoms with Gasteiger partial charge in [-0.1, -0.05) is 12.1 Å². The molecule has 1 heterocycles. The number of benzene rings is 1. The monoisotopic (exact) mass is 236 g/mol. The molecule has 0 saturated carbocycles. The molecule has 0 unspecified atom stereocenters. The van der Waals surface area contributed by atoms with E-state index in [0.717, 1.165) is 24.9 Å². The maximum absolute atomic E-state index is 13.1. The molecule has 0 radical (unpaired) electrons. The summed E-state index contributed by atoms with van der Waals surface area (Å²) in [4.78, 5) is 13.4. The van der Waals surface area contributed by atoms with Crippen LogP contribution in [0.1, 0.15) is 18.4 Å². The topological polar surface area (TPSA) is 46.3 Å². The van der Waals surface area contributed by atoms with Crippen LogP contribution in [0.25, 0.3) is 0 Å². The predicted octanol–water partition coefficient (Wildman–Crippen LogP) is 1.32. The van der Waals surface area contributed by atoms with E-state index in [4.69, 9.17) is 5.73 Å². The Bertz CT molecular complexity index is 408. The first kappa shape index (κ1) is 12.0. The quantitative estimate of drug-likeness (QED) is 0.860. The molecule has 0 bridgehead atoms. The molecule has 3 nitrogen and oxygen atoms in total. The summed E-state index contributed by atoms with van der Waals surface area (Å²) in [5, 5.41) is 0. The fourth-order valence-electron chi connectivity index (χ4n) is 2.43. The van der Waals surface area contributed by atoms with Crippen LogP contribution in [0.4, 0.5) is 4.39 Å². The van der Waals surface area contributed by atoms with Crippen LogP contribution in [-0.4, -0.2) is 29.9 Å². The molecule has 0 aliphatic carbocycles. The number of hydrogen-bond acceptors (Lipinski definition) is 2. The van der Waals surface area contributed by atoms with Crippen LogP contribution in [0.15, 0.2) is 24.3 Å². The zero-order valence-corrected chi connectivity index (χ0v) is 9.73. The van der Waals surface area contributed by atoms with Gasteiger partial charge in [0.05, 0.1) is 6.54 Å². The van der Waals surface area contributed by atoms with Crippen LogP contribution in [0, 0.1) is 5.82 Å². The predicted molar refractivity (Wildman–Crippen MR) is 63.9 cm³/mol. The highest BCUT2D eigenvalue weighted by Crippen LogP contribution is 2.21. The van der Waals surface area contributed by atoms with Crippen LogP contribution < -0.4 is 5.73 Å². The highest BCUT2D eigenvalue weighted by atomic mass is 19.1. The number of nitrogens with zero attached hydrogens (tertiary/aromatic N) is 1. The Morgan fingerprint density at radius 2 is 2.35 bits per heavy atom. The molecule has 1 aromatic rings. The number of carbonyl (C=O) groups is 1. The van der Waals surface area contributed by atoms with Crippen molar-refractivity contribution in [3.05, 3.63) is 35.6 Å². The fraction of sp³-hybridized carbons (Fsp3) is 0.462. The zero-order chi connectivity index (χ0) is 12.3. The number of amides is 1. The molecular weight excluding hydrogens is 219 g/mol. The van der Waals surface area contributed by atoms with Gasteiger partial charge < -0.3 is 10.6 Å². The van der Waals surface area contributed by atoms with E-state index >= 15 is 0 Å². The molecule has 1 aliphatic heterocycles. The van der Waals surface area contributed by atoms with Gasteiger partial charge in [-0.15, -0.1) is 0 Å². The standard InChI is InChI=1S/C13H17FN2O/c14-11-4-1-3-10(7-11)8-12-5-2-6-16(12)13(17)9-15/h1,3-4,7,12H,2,5-6,8-9,15H2/t12-/m0/s1. The molecule has 1 amide bonds. The van der Waals surface area contributed by atoms with E-state index in [1.54, 1.807) is 6.07 Å². The van der Waals surface area contributed by atoms with E-state index < -0.39 is 0 Å². The SMILES string of the molecule is NCC(=O)N1CCC[C@H]1Cc1cccc(F)c1. The Morgan fingerprint density at radius 3 is 3.06 bits per heavy atom. The molecule has 0 spiro atoms. The molecule has 2 rings (SSSR count). The first-order valence-electron chi connectivity index (χ1n) is 5.94. The zero-order valence-electron chi connectivity index (χ0n) is 9.73. The summed E-state index contributed by atoms with van der Waals surface area (Å²) < 4.78 is 13.1. The first-order chi connectivity index (χ1) is 8.20. The average Bonchev–Trinajstić information content (AvgIpc) is 2.76. The van der Waals surface area contributed by atoms with Crippen LogP contribution in [0.2, 0.25) is 0 Å². The van der Waals surface area contributed by atoms with Crippen molar-refractivity contribution in [2.75, 3.05) is 13.1 Å². The normalized spacial score (nSPS) is 19.6. The lowest BCUT2D eigenvalue weighted by molar-refractivity contribution is -0.130. The smallest absolute Gasteiger partial charge is 0.236 e. The molecule has 1 saturated heterocycles. The molecule has 1 aliphatic rings. The third-order valence-electron chi connectivity index (χ3n) is 3.23. The van der Waals surface area contributed by atoms with Gasteiger partial charge in [0.25, 0.3) is 0 Å². The van der Waals surface area contributed by atoms with Crippen molar-refractivity contribution in [3.8, 4) is 0 Å². The number of halogens is 1. The molecule has 1 fully saturated rings. The second kappa shape index (κ2) is 5.27. The van der Waals surface area contributed by atoms with Gasteiger partial charge in [-0.2, -0.15) is 0 Å². The van der Waals surface area contributed by atoms with E-state index in [1.807, 2.05) is 11.0 Å². The maximum Gasteiger partial charge on any atom is 0.236 e. The highest BCUT2D eigenvalue weighted by molar-refractivity contribution is 5.78. The van der Waals surface area contributed by atoms with Gasteiger partial charge in [0.2, 0.25) is 5.91 Å². The third-order valence-corrected chi connectivity index (χ3v) is 3.23. The summed E-state index contributed by atoms with van der Waals surface area (Å²) in [5.74, 6) is -0.235. The van der Waals surface area contributed by atoms with Crippen molar-refractivity contribution in [1.82, 2.24) is 4.90 Å². The van der Waals surface area contributed by atoms with Crippen molar-refractivity contribution in [1.29, 1.82) is 0 Å². The number of carbonyl (C=O) groups excluding carboxylic acids is 1. The van der Waals surface area contributed by atoms with Gasteiger partial charge in [0.15, 0.2) is 0 Å². The number of hydrogen-bond donors (Lipinski definition) is 1. The van der Waals surface area contributed by atoms with E-state index in [9.17, 15) is 9.18 Å². The van der Waals surface area contributed by atoms with E-state index in [1.165, 1.54) is 12.1 Å². The van der Waals surface area contributed by atoms with Gasteiger partial charge in [-0.05, 0) is 37.0 Å². The van der Waals surface area contributed by atoms with E-state index in [-0.39, 0.29) is 24.3 Å². The fourth-order valence-corrected chi connectivity index (χ4v) is 2.43. The van der Waals surface area contributed by atoms with E-state index in [2.05, 4.69) is 0 Å². The van der Waals surface area contributed by atoms with Crippen LogP contribution in [-0.2, 0) is 11.2 Å². The Balaban J connectivity index is 2.05. The Hall–Kier alpha value is -1.42. The van der Waals surface area contributed by atoms with Crippen molar-refractivity contribution < 1.29 is 9.18 Å². The first-order valence-corrected chi connectivity index (χ1v) is 5.94. The minimum atomic E-state index is -0.225. The lowest BCUT2D eigenvalue weighted by atomic mass is 10.0. The van der Waals surface area contributed by atoms with Crippen LogP contribution >= 0.6 is 0 Å². The van der Waals surface area contributed by atoms with Crippen LogP contribution in [0.5, 0.6) is 0 Å².